The van der Waals surface area contributed by atoms with Crippen LogP contribution in [0.25, 0.3) is 0 Å². The van der Waals surface area contributed by atoms with Gasteiger partial charge in [-0.1, -0.05) is 6.42 Å². The molecule has 3 N–H and O–H groups in total. The van der Waals surface area contributed by atoms with Crippen molar-refractivity contribution in [2.45, 2.75) is 31.7 Å². The van der Waals surface area contributed by atoms with E-state index in [1.807, 2.05) is 18.2 Å². The summed E-state index contributed by atoms with van der Waals surface area (Å²) in [5.41, 5.74) is 6.58. The summed E-state index contributed by atoms with van der Waals surface area (Å²) in [6.45, 7) is 0.632. The molecule has 1 aliphatic carbocycles. The molecule has 0 radical (unpaired) electrons. The van der Waals surface area contributed by atoms with Crippen LogP contribution in [0.15, 0.2) is 18.2 Å². The minimum absolute atomic E-state index is 0. The van der Waals surface area contributed by atoms with Gasteiger partial charge in [0.2, 0.25) is 5.91 Å². The van der Waals surface area contributed by atoms with Crippen molar-refractivity contribution in [3.63, 3.8) is 0 Å². The molecule has 1 saturated carbocycles. The summed E-state index contributed by atoms with van der Waals surface area (Å²) in [4.78, 5) is 12.2. The fraction of sp³-hybridized carbons (Fsp3) is 0.562. The Labute approximate surface area is 138 Å². The Balaban J connectivity index is 0.00000242. The van der Waals surface area contributed by atoms with E-state index in [4.69, 9.17) is 15.2 Å². The molecule has 22 heavy (non-hydrogen) atoms. The lowest BCUT2D eigenvalue weighted by atomic mass is 10.0. The SMILES string of the molecule is COc1ccc(OC)c(CC(=O)NC2CCCC2CN)c1.Cl. The van der Waals surface area contributed by atoms with Crippen LogP contribution in [-0.2, 0) is 11.2 Å². The van der Waals surface area contributed by atoms with E-state index in [1.54, 1.807) is 14.2 Å². The monoisotopic (exact) mass is 328 g/mol. The van der Waals surface area contributed by atoms with Gasteiger partial charge in [-0.05, 0) is 43.5 Å². The zero-order valence-corrected chi connectivity index (χ0v) is 13.9. The lowest BCUT2D eigenvalue weighted by Gasteiger charge is -2.20. The maximum absolute atomic E-state index is 12.2. The number of rotatable bonds is 6. The number of nitrogens with one attached hydrogen (secondary N) is 1. The highest BCUT2D eigenvalue weighted by molar-refractivity contribution is 5.85. The van der Waals surface area contributed by atoms with Gasteiger partial charge in [0.05, 0.1) is 20.6 Å². The van der Waals surface area contributed by atoms with Crippen LogP contribution < -0.4 is 20.5 Å². The molecule has 1 aliphatic rings. The van der Waals surface area contributed by atoms with Crippen LogP contribution in [0.1, 0.15) is 24.8 Å². The average Bonchev–Trinajstić information content (AvgIpc) is 2.94. The molecule has 1 amide bonds. The van der Waals surface area contributed by atoms with Gasteiger partial charge in [0, 0.05) is 11.6 Å². The molecule has 0 aromatic heterocycles. The first-order valence-corrected chi connectivity index (χ1v) is 7.38. The third-order valence-electron chi connectivity index (χ3n) is 4.15. The maximum atomic E-state index is 12.2. The number of hydrogen-bond acceptors (Lipinski definition) is 4. The Morgan fingerprint density at radius 3 is 2.73 bits per heavy atom. The number of methoxy groups -OCH3 is 2. The second kappa shape index (κ2) is 8.86. The first-order chi connectivity index (χ1) is 10.2. The largest absolute Gasteiger partial charge is 0.497 e. The van der Waals surface area contributed by atoms with E-state index in [9.17, 15) is 4.79 Å². The number of amides is 1. The summed E-state index contributed by atoms with van der Waals surface area (Å²) in [5.74, 6) is 1.83. The van der Waals surface area contributed by atoms with E-state index < -0.39 is 0 Å². The lowest BCUT2D eigenvalue weighted by Crippen LogP contribution is -2.40. The number of hydrogen-bond donors (Lipinski definition) is 2. The second-order valence-corrected chi connectivity index (χ2v) is 5.46. The van der Waals surface area contributed by atoms with Gasteiger partial charge in [-0.15, -0.1) is 12.4 Å². The van der Waals surface area contributed by atoms with Crippen LogP contribution in [0.4, 0.5) is 0 Å². The molecule has 2 rings (SSSR count). The molecule has 2 atom stereocenters. The average molecular weight is 329 g/mol. The van der Waals surface area contributed by atoms with Crippen molar-refractivity contribution < 1.29 is 14.3 Å². The molecule has 0 heterocycles. The van der Waals surface area contributed by atoms with E-state index in [2.05, 4.69) is 5.32 Å². The summed E-state index contributed by atoms with van der Waals surface area (Å²) in [6.07, 6.45) is 3.54. The molecule has 0 spiro atoms. The summed E-state index contributed by atoms with van der Waals surface area (Å²) in [5, 5.41) is 3.10. The van der Waals surface area contributed by atoms with Crippen LogP contribution >= 0.6 is 12.4 Å². The smallest absolute Gasteiger partial charge is 0.224 e. The van der Waals surface area contributed by atoms with Gasteiger partial charge in [0.15, 0.2) is 0 Å². The predicted molar refractivity (Wildman–Crippen MR) is 88.8 cm³/mol. The number of halogens is 1. The molecule has 1 fully saturated rings. The van der Waals surface area contributed by atoms with Gasteiger partial charge in [0.25, 0.3) is 0 Å². The highest BCUT2D eigenvalue weighted by Crippen LogP contribution is 2.26. The topological polar surface area (TPSA) is 73.6 Å². The van der Waals surface area contributed by atoms with Gasteiger partial charge >= 0.3 is 0 Å². The molecule has 1 aromatic rings. The van der Waals surface area contributed by atoms with Crippen LogP contribution in [0.3, 0.4) is 0 Å². The van der Waals surface area contributed by atoms with Crippen molar-refractivity contribution in [1.29, 1.82) is 0 Å². The molecular weight excluding hydrogens is 304 g/mol. The molecule has 0 aliphatic heterocycles. The first-order valence-electron chi connectivity index (χ1n) is 7.38. The van der Waals surface area contributed by atoms with Crippen LogP contribution in [0.5, 0.6) is 11.5 Å². The van der Waals surface area contributed by atoms with Gasteiger partial charge in [-0.25, -0.2) is 0 Å². The van der Waals surface area contributed by atoms with Gasteiger partial charge < -0.3 is 20.5 Å². The summed E-state index contributed by atoms with van der Waals surface area (Å²) in [6, 6.07) is 5.69. The number of nitrogens with two attached hydrogens (primary N) is 1. The van der Waals surface area contributed by atoms with Crippen molar-refractivity contribution in [2.24, 2.45) is 11.7 Å². The maximum Gasteiger partial charge on any atom is 0.224 e. The fourth-order valence-electron chi connectivity index (χ4n) is 2.96. The van der Waals surface area contributed by atoms with Crippen LogP contribution in [-0.4, -0.2) is 32.7 Å². The van der Waals surface area contributed by atoms with Crippen molar-refractivity contribution >= 4 is 18.3 Å². The second-order valence-electron chi connectivity index (χ2n) is 5.46. The van der Waals surface area contributed by atoms with E-state index in [-0.39, 0.29) is 30.8 Å². The zero-order chi connectivity index (χ0) is 15.2. The summed E-state index contributed by atoms with van der Waals surface area (Å²) >= 11 is 0. The van der Waals surface area contributed by atoms with Gasteiger partial charge in [-0.3, -0.25) is 4.79 Å². The molecular formula is C16H25ClN2O3. The van der Waals surface area contributed by atoms with E-state index in [1.165, 1.54) is 0 Å². The number of benzene rings is 1. The number of carbonyl (C=O) groups is 1. The normalized spacial score (nSPS) is 20.1. The molecule has 0 bridgehead atoms. The Bertz CT molecular complexity index is 496. The lowest BCUT2D eigenvalue weighted by molar-refractivity contribution is -0.121. The Morgan fingerprint density at radius 2 is 2.09 bits per heavy atom. The zero-order valence-electron chi connectivity index (χ0n) is 13.1. The molecule has 5 nitrogen and oxygen atoms in total. The van der Waals surface area contributed by atoms with Crippen molar-refractivity contribution in [3.05, 3.63) is 23.8 Å². The Morgan fingerprint density at radius 1 is 1.32 bits per heavy atom. The molecule has 1 aromatic carbocycles. The molecule has 6 heteroatoms. The van der Waals surface area contributed by atoms with Crippen LogP contribution in [0.2, 0.25) is 0 Å². The highest BCUT2D eigenvalue weighted by atomic mass is 35.5. The van der Waals surface area contributed by atoms with E-state index in [0.29, 0.717) is 18.2 Å². The number of ether oxygens (including phenoxy) is 2. The van der Waals surface area contributed by atoms with Crippen molar-refractivity contribution in [1.82, 2.24) is 5.32 Å². The predicted octanol–water partition coefficient (Wildman–Crippen LogP) is 1.91. The quantitative estimate of drug-likeness (QED) is 0.836. The van der Waals surface area contributed by atoms with Crippen molar-refractivity contribution in [2.75, 3.05) is 20.8 Å². The third kappa shape index (κ3) is 4.52. The third-order valence-corrected chi connectivity index (χ3v) is 4.15. The van der Waals surface area contributed by atoms with Crippen LogP contribution in [0, 0.1) is 5.92 Å². The van der Waals surface area contributed by atoms with E-state index in [0.717, 1.165) is 30.6 Å². The Hall–Kier alpha value is -1.46. The highest BCUT2D eigenvalue weighted by Gasteiger charge is 2.27. The minimum Gasteiger partial charge on any atom is -0.497 e. The number of carbonyl (C=O) groups excluding carboxylic acids is 1. The van der Waals surface area contributed by atoms with E-state index >= 15 is 0 Å². The standard InChI is InChI=1S/C16H24N2O3.ClH/c1-20-13-6-7-15(21-2)12(8-13)9-16(19)18-14-5-3-4-11(14)10-17;/h6-8,11,14H,3-5,9-10,17H2,1-2H3,(H,18,19);1H. The minimum atomic E-state index is 0. The van der Waals surface area contributed by atoms with Gasteiger partial charge in [0.1, 0.15) is 11.5 Å². The summed E-state index contributed by atoms with van der Waals surface area (Å²) < 4.78 is 10.5. The molecule has 124 valence electrons. The fourth-order valence-corrected chi connectivity index (χ4v) is 2.96. The first kappa shape index (κ1) is 18.6. The molecule has 0 saturated heterocycles. The summed E-state index contributed by atoms with van der Waals surface area (Å²) in [7, 11) is 3.21. The Kier molecular flexibility index (Phi) is 7.48. The van der Waals surface area contributed by atoms with Crippen molar-refractivity contribution in [3.8, 4) is 11.5 Å². The van der Waals surface area contributed by atoms with Gasteiger partial charge in [-0.2, -0.15) is 0 Å². The molecule has 2 unspecified atom stereocenters.